The minimum absolute atomic E-state index is 0.187. The SMILES string of the molecule is COC(=O)[C@H]1CC[C@@H](c2cccc(O)c2)CN1. The summed E-state index contributed by atoms with van der Waals surface area (Å²) in [5.41, 5.74) is 1.11. The molecule has 0 amide bonds. The molecule has 1 aromatic carbocycles. The Hall–Kier alpha value is -1.55. The van der Waals surface area contributed by atoms with Gasteiger partial charge in [-0.1, -0.05) is 12.1 Å². The van der Waals surface area contributed by atoms with Gasteiger partial charge in [0.2, 0.25) is 0 Å². The molecule has 1 aliphatic heterocycles. The summed E-state index contributed by atoms with van der Waals surface area (Å²) < 4.78 is 4.71. The minimum Gasteiger partial charge on any atom is -0.508 e. The van der Waals surface area contributed by atoms with E-state index < -0.39 is 0 Å². The number of carbonyl (C=O) groups excluding carboxylic acids is 1. The number of rotatable bonds is 2. The van der Waals surface area contributed by atoms with Crippen molar-refractivity contribution in [3.8, 4) is 5.75 Å². The first-order valence-corrected chi connectivity index (χ1v) is 5.81. The van der Waals surface area contributed by atoms with Gasteiger partial charge in [-0.2, -0.15) is 0 Å². The number of aromatic hydroxyl groups is 1. The zero-order chi connectivity index (χ0) is 12.3. The summed E-state index contributed by atoms with van der Waals surface area (Å²) in [6.45, 7) is 0.739. The Bertz CT molecular complexity index is 397. The average Bonchev–Trinajstić information content (AvgIpc) is 2.38. The topological polar surface area (TPSA) is 58.6 Å². The van der Waals surface area contributed by atoms with Crippen LogP contribution in [0.25, 0.3) is 0 Å². The lowest BCUT2D eigenvalue weighted by Crippen LogP contribution is -2.43. The summed E-state index contributed by atoms with van der Waals surface area (Å²) in [5, 5.41) is 12.6. The zero-order valence-electron chi connectivity index (χ0n) is 9.85. The summed E-state index contributed by atoms with van der Waals surface area (Å²) in [6.07, 6.45) is 1.70. The van der Waals surface area contributed by atoms with Gasteiger partial charge in [0, 0.05) is 6.54 Å². The van der Waals surface area contributed by atoms with Crippen LogP contribution < -0.4 is 5.32 Å². The van der Waals surface area contributed by atoms with E-state index in [9.17, 15) is 9.90 Å². The van der Waals surface area contributed by atoms with Crippen LogP contribution in [0.1, 0.15) is 24.3 Å². The molecule has 92 valence electrons. The van der Waals surface area contributed by atoms with Gasteiger partial charge in [-0.05, 0) is 36.5 Å². The smallest absolute Gasteiger partial charge is 0.322 e. The first-order chi connectivity index (χ1) is 8.20. The molecular weight excluding hydrogens is 218 g/mol. The molecule has 0 bridgehead atoms. The first-order valence-electron chi connectivity index (χ1n) is 5.81. The van der Waals surface area contributed by atoms with Crippen molar-refractivity contribution in [3.63, 3.8) is 0 Å². The minimum atomic E-state index is -0.195. The van der Waals surface area contributed by atoms with E-state index in [0.29, 0.717) is 5.92 Å². The van der Waals surface area contributed by atoms with Crippen LogP contribution in [0.5, 0.6) is 5.75 Å². The van der Waals surface area contributed by atoms with Gasteiger partial charge in [-0.3, -0.25) is 4.79 Å². The number of hydrogen-bond acceptors (Lipinski definition) is 4. The number of ether oxygens (including phenoxy) is 1. The molecule has 2 atom stereocenters. The molecule has 0 aliphatic carbocycles. The third kappa shape index (κ3) is 2.77. The molecule has 0 unspecified atom stereocenters. The highest BCUT2D eigenvalue weighted by atomic mass is 16.5. The summed E-state index contributed by atoms with van der Waals surface area (Å²) in [5.74, 6) is 0.444. The fraction of sp³-hybridized carbons (Fsp3) is 0.462. The van der Waals surface area contributed by atoms with E-state index in [2.05, 4.69) is 5.32 Å². The number of methoxy groups -OCH3 is 1. The molecule has 1 fully saturated rings. The Morgan fingerprint density at radius 2 is 2.29 bits per heavy atom. The Kier molecular flexibility index (Phi) is 3.64. The lowest BCUT2D eigenvalue weighted by atomic mass is 9.88. The second-order valence-corrected chi connectivity index (χ2v) is 4.35. The highest BCUT2D eigenvalue weighted by molar-refractivity contribution is 5.75. The molecule has 1 aliphatic rings. The van der Waals surface area contributed by atoms with Crippen molar-refractivity contribution in [2.45, 2.75) is 24.8 Å². The van der Waals surface area contributed by atoms with Crippen molar-refractivity contribution in [2.75, 3.05) is 13.7 Å². The molecule has 0 radical (unpaired) electrons. The number of carbonyl (C=O) groups is 1. The van der Waals surface area contributed by atoms with Gasteiger partial charge in [-0.25, -0.2) is 0 Å². The number of piperidine rings is 1. The highest BCUT2D eigenvalue weighted by Gasteiger charge is 2.26. The number of phenols is 1. The van der Waals surface area contributed by atoms with Crippen LogP contribution in [-0.2, 0) is 9.53 Å². The Morgan fingerprint density at radius 3 is 2.88 bits per heavy atom. The van der Waals surface area contributed by atoms with Crippen LogP contribution in [-0.4, -0.2) is 30.8 Å². The molecule has 4 nitrogen and oxygen atoms in total. The van der Waals surface area contributed by atoms with Crippen molar-refractivity contribution in [1.29, 1.82) is 0 Å². The van der Waals surface area contributed by atoms with Crippen LogP contribution in [0.3, 0.4) is 0 Å². The van der Waals surface area contributed by atoms with Crippen LogP contribution >= 0.6 is 0 Å². The van der Waals surface area contributed by atoms with Gasteiger partial charge in [0.1, 0.15) is 11.8 Å². The molecule has 2 rings (SSSR count). The lowest BCUT2D eigenvalue weighted by Gasteiger charge is -2.28. The molecule has 17 heavy (non-hydrogen) atoms. The van der Waals surface area contributed by atoms with E-state index in [-0.39, 0.29) is 17.8 Å². The number of nitrogens with one attached hydrogen (secondary N) is 1. The molecule has 2 N–H and O–H groups in total. The molecule has 0 spiro atoms. The second kappa shape index (κ2) is 5.19. The van der Waals surface area contributed by atoms with Gasteiger partial charge in [-0.15, -0.1) is 0 Å². The van der Waals surface area contributed by atoms with Crippen LogP contribution in [0.4, 0.5) is 0 Å². The molecule has 0 saturated carbocycles. The quantitative estimate of drug-likeness (QED) is 0.761. The van der Waals surface area contributed by atoms with Crippen LogP contribution in [0.15, 0.2) is 24.3 Å². The molecular formula is C13H17NO3. The van der Waals surface area contributed by atoms with E-state index in [1.807, 2.05) is 12.1 Å². The summed E-state index contributed by atoms with van der Waals surface area (Å²) >= 11 is 0. The van der Waals surface area contributed by atoms with Gasteiger partial charge in [0.05, 0.1) is 7.11 Å². The van der Waals surface area contributed by atoms with Crippen LogP contribution in [0, 0.1) is 0 Å². The number of hydrogen-bond donors (Lipinski definition) is 2. The highest BCUT2D eigenvalue weighted by Crippen LogP contribution is 2.27. The zero-order valence-corrected chi connectivity index (χ0v) is 9.85. The van der Waals surface area contributed by atoms with Crippen molar-refractivity contribution >= 4 is 5.97 Å². The maximum atomic E-state index is 11.3. The van der Waals surface area contributed by atoms with Crippen molar-refractivity contribution in [3.05, 3.63) is 29.8 Å². The van der Waals surface area contributed by atoms with E-state index in [1.54, 1.807) is 12.1 Å². The van der Waals surface area contributed by atoms with Gasteiger partial charge >= 0.3 is 5.97 Å². The third-order valence-corrected chi connectivity index (χ3v) is 3.24. The summed E-state index contributed by atoms with van der Waals surface area (Å²) in [4.78, 5) is 11.3. The van der Waals surface area contributed by atoms with Gasteiger partial charge in [0.25, 0.3) is 0 Å². The number of esters is 1. The predicted octanol–water partition coefficient (Wildman–Crippen LogP) is 1.40. The van der Waals surface area contributed by atoms with Gasteiger partial charge < -0.3 is 15.2 Å². The largest absolute Gasteiger partial charge is 0.508 e. The summed E-state index contributed by atoms with van der Waals surface area (Å²) in [7, 11) is 1.41. The van der Waals surface area contributed by atoms with Crippen molar-refractivity contribution < 1.29 is 14.6 Å². The fourth-order valence-electron chi connectivity index (χ4n) is 2.26. The third-order valence-electron chi connectivity index (χ3n) is 3.24. The van der Waals surface area contributed by atoms with E-state index >= 15 is 0 Å². The van der Waals surface area contributed by atoms with E-state index in [0.717, 1.165) is 24.9 Å². The Balaban J connectivity index is 1.97. The van der Waals surface area contributed by atoms with E-state index in [4.69, 9.17) is 4.74 Å². The Labute approximate surface area is 101 Å². The fourth-order valence-corrected chi connectivity index (χ4v) is 2.26. The standard InChI is InChI=1S/C13H17NO3/c1-17-13(16)12-6-5-10(8-14-12)9-3-2-4-11(15)7-9/h2-4,7,10,12,14-15H,5-6,8H2,1H3/t10-,12-/m1/s1. The first kappa shape index (κ1) is 11.9. The lowest BCUT2D eigenvalue weighted by molar-refractivity contribution is -0.143. The van der Waals surface area contributed by atoms with Crippen molar-refractivity contribution in [2.24, 2.45) is 0 Å². The normalized spacial score (nSPS) is 24.3. The van der Waals surface area contributed by atoms with Gasteiger partial charge in [0.15, 0.2) is 0 Å². The molecule has 0 aromatic heterocycles. The predicted molar refractivity (Wildman–Crippen MR) is 63.9 cm³/mol. The van der Waals surface area contributed by atoms with Crippen LogP contribution in [0.2, 0.25) is 0 Å². The monoisotopic (exact) mass is 235 g/mol. The number of benzene rings is 1. The molecule has 1 aromatic rings. The maximum Gasteiger partial charge on any atom is 0.322 e. The molecule has 1 heterocycles. The summed E-state index contributed by atoms with van der Waals surface area (Å²) in [6, 6.07) is 7.11. The maximum absolute atomic E-state index is 11.3. The van der Waals surface area contributed by atoms with Crippen molar-refractivity contribution in [1.82, 2.24) is 5.32 Å². The second-order valence-electron chi connectivity index (χ2n) is 4.35. The molecule has 1 saturated heterocycles. The molecule has 4 heteroatoms. The Morgan fingerprint density at radius 1 is 1.47 bits per heavy atom. The number of phenolic OH excluding ortho intramolecular Hbond substituents is 1. The van der Waals surface area contributed by atoms with E-state index in [1.165, 1.54) is 7.11 Å². The average molecular weight is 235 g/mol.